The quantitative estimate of drug-likeness (QED) is 0.517. The van der Waals surface area contributed by atoms with E-state index in [1.165, 1.54) is 4.90 Å². The smallest absolute Gasteiger partial charge is 0.244 e. The number of nitrogens with zero attached hydrogens (tertiary/aromatic N) is 2. The molecule has 0 saturated heterocycles. The van der Waals surface area contributed by atoms with Crippen LogP contribution in [0.1, 0.15) is 26.3 Å². The summed E-state index contributed by atoms with van der Waals surface area (Å²) in [7, 11) is -3.79. The predicted octanol–water partition coefficient (Wildman–Crippen LogP) is 3.06. The number of nitrogens with one attached hydrogen (secondary N) is 1. The van der Waals surface area contributed by atoms with Crippen LogP contribution < -0.4 is 14.4 Å². The molecule has 0 saturated carbocycles. The van der Waals surface area contributed by atoms with E-state index in [2.05, 4.69) is 5.32 Å². The number of ether oxygens (including phenoxy) is 1. The highest BCUT2D eigenvalue weighted by Gasteiger charge is 2.30. The third kappa shape index (κ3) is 7.36. The van der Waals surface area contributed by atoms with Gasteiger partial charge in [0, 0.05) is 18.1 Å². The molecule has 0 aliphatic rings. The summed E-state index contributed by atoms with van der Waals surface area (Å²) in [6.07, 6.45) is 1.03. The molecule has 10 heteroatoms. The average Bonchev–Trinajstić information content (AvgIpc) is 2.76. The first-order valence-electron chi connectivity index (χ1n) is 10.6. The van der Waals surface area contributed by atoms with Crippen molar-refractivity contribution >= 4 is 39.1 Å². The van der Waals surface area contributed by atoms with E-state index in [0.29, 0.717) is 35.2 Å². The lowest BCUT2D eigenvalue weighted by molar-refractivity contribution is -0.139. The number of anilines is 1. The van der Waals surface area contributed by atoms with Crippen LogP contribution in [0.15, 0.2) is 48.5 Å². The summed E-state index contributed by atoms with van der Waals surface area (Å²) in [5.74, 6) is -0.288. The Kier molecular flexibility index (Phi) is 9.55. The van der Waals surface area contributed by atoms with E-state index >= 15 is 0 Å². The lowest BCUT2D eigenvalue weighted by Gasteiger charge is -2.31. The first-order chi connectivity index (χ1) is 15.6. The molecule has 8 nitrogen and oxygen atoms in total. The summed E-state index contributed by atoms with van der Waals surface area (Å²) < 4.78 is 31.5. The molecule has 0 fully saturated rings. The second-order valence-corrected chi connectivity index (χ2v) is 9.69. The fourth-order valence-electron chi connectivity index (χ4n) is 3.20. The number of amides is 2. The molecule has 2 aromatic rings. The molecule has 180 valence electrons. The summed E-state index contributed by atoms with van der Waals surface area (Å²) in [4.78, 5) is 27.2. The highest BCUT2D eigenvalue weighted by atomic mass is 35.5. The van der Waals surface area contributed by atoms with Crippen LogP contribution in [0, 0.1) is 0 Å². The van der Waals surface area contributed by atoms with Crippen LogP contribution in [0.5, 0.6) is 5.75 Å². The molecule has 1 N–H and O–H groups in total. The highest BCUT2D eigenvalue weighted by molar-refractivity contribution is 7.92. The monoisotopic (exact) mass is 495 g/mol. The van der Waals surface area contributed by atoms with Crippen LogP contribution in [0.4, 0.5) is 5.69 Å². The number of rotatable bonds is 11. The molecule has 0 bridgehead atoms. The maximum absolute atomic E-state index is 13.4. The first kappa shape index (κ1) is 26.5. The van der Waals surface area contributed by atoms with Crippen molar-refractivity contribution in [1.82, 2.24) is 10.2 Å². The molecule has 2 amide bonds. The molecule has 33 heavy (non-hydrogen) atoms. The SMILES string of the molecule is CCNC(=O)C(C)N(Cc1ccccc1Cl)C(=O)CN(c1ccc(OCC)cc1)S(C)(=O)=O. The van der Waals surface area contributed by atoms with E-state index in [0.717, 1.165) is 10.6 Å². The molecule has 2 rings (SSSR count). The molecule has 0 aromatic heterocycles. The standard InChI is InChI=1S/C23H30ClN3O5S/c1-5-25-23(29)17(3)26(15-18-9-7-8-10-21(18)24)22(28)16-27(33(4,30)31)19-11-13-20(14-12-19)32-6-2/h7-14,17H,5-6,15-16H2,1-4H3,(H,25,29). The van der Waals surface area contributed by atoms with Gasteiger partial charge in [0.05, 0.1) is 18.6 Å². The number of sulfonamides is 1. The predicted molar refractivity (Wildman–Crippen MR) is 130 cm³/mol. The Morgan fingerprint density at radius 1 is 1.09 bits per heavy atom. The number of halogens is 1. The molecule has 2 aromatic carbocycles. The van der Waals surface area contributed by atoms with E-state index in [1.807, 2.05) is 6.92 Å². The number of benzene rings is 2. The lowest BCUT2D eigenvalue weighted by atomic mass is 10.1. The van der Waals surface area contributed by atoms with Crippen LogP contribution in [0.25, 0.3) is 0 Å². The molecule has 0 aliphatic carbocycles. The van der Waals surface area contributed by atoms with Crippen molar-refractivity contribution in [2.24, 2.45) is 0 Å². The fraction of sp³-hybridized carbons (Fsp3) is 0.391. The Labute approximate surface area is 200 Å². The molecule has 0 radical (unpaired) electrons. The van der Waals surface area contributed by atoms with E-state index in [9.17, 15) is 18.0 Å². The zero-order chi connectivity index (χ0) is 24.6. The number of carbonyl (C=O) groups is 2. The summed E-state index contributed by atoms with van der Waals surface area (Å²) >= 11 is 6.28. The van der Waals surface area contributed by atoms with Gasteiger partial charge in [0.2, 0.25) is 21.8 Å². The van der Waals surface area contributed by atoms with Gasteiger partial charge in [-0.05, 0) is 56.7 Å². The van der Waals surface area contributed by atoms with Gasteiger partial charge in [-0.15, -0.1) is 0 Å². The minimum atomic E-state index is -3.79. The summed E-state index contributed by atoms with van der Waals surface area (Å²) in [6, 6.07) is 12.6. The minimum absolute atomic E-state index is 0.0533. The lowest BCUT2D eigenvalue weighted by Crippen LogP contribution is -2.51. The zero-order valence-corrected chi connectivity index (χ0v) is 20.8. The topological polar surface area (TPSA) is 96.0 Å². The van der Waals surface area contributed by atoms with E-state index in [1.54, 1.807) is 62.4 Å². The minimum Gasteiger partial charge on any atom is -0.494 e. The van der Waals surface area contributed by atoms with Gasteiger partial charge in [-0.1, -0.05) is 29.8 Å². The van der Waals surface area contributed by atoms with Gasteiger partial charge in [-0.2, -0.15) is 0 Å². The Morgan fingerprint density at radius 2 is 1.73 bits per heavy atom. The van der Waals surface area contributed by atoms with Crippen molar-refractivity contribution < 1.29 is 22.7 Å². The summed E-state index contributed by atoms with van der Waals surface area (Å²) in [6.45, 7) is 5.68. The summed E-state index contributed by atoms with van der Waals surface area (Å²) in [5, 5.41) is 3.15. The number of likely N-dealkylation sites (N-methyl/N-ethyl adjacent to an activating group) is 1. The fourth-order valence-corrected chi connectivity index (χ4v) is 4.25. The van der Waals surface area contributed by atoms with Gasteiger partial charge in [0.15, 0.2) is 0 Å². The van der Waals surface area contributed by atoms with Crippen LogP contribution >= 0.6 is 11.6 Å². The normalized spacial score (nSPS) is 12.0. The van der Waals surface area contributed by atoms with Gasteiger partial charge < -0.3 is 15.0 Å². The number of hydrogen-bond acceptors (Lipinski definition) is 5. The number of carbonyl (C=O) groups excluding carboxylic acids is 2. The number of hydrogen-bond donors (Lipinski definition) is 1. The zero-order valence-electron chi connectivity index (χ0n) is 19.2. The van der Waals surface area contributed by atoms with Gasteiger partial charge in [-0.3, -0.25) is 13.9 Å². The van der Waals surface area contributed by atoms with E-state index in [4.69, 9.17) is 16.3 Å². The van der Waals surface area contributed by atoms with E-state index in [-0.39, 0.29) is 12.5 Å². The van der Waals surface area contributed by atoms with Crippen molar-refractivity contribution in [1.29, 1.82) is 0 Å². The summed E-state index contributed by atoms with van der Waals surface area (Å²) in [5.41, 5.74) is 0.966. The average molecular weight is 496 g/mol. The van der Waals surface area contributed by atoms with Crippen LogP contribution in [-0.2, 0) is 26.2 Å². The Morgan fingerprint density at radius 3 is 2.27 bits per heavy atom. The Hall–Kier alpha value is -2.78. The molecular formula is C23H30ClN3O5S. The van der Waals surface area contributed by atoms with Crippen LogP contribution in [0.3, 0.4) is 0 Å². The van der Waals surface area contributed by atoms with Crippen LogP contribution in [0.2, 0.25) is 5.02 Å². The third-order valence-electron chi connectivity index (χ3n) is 4.93. The largest absolute Gasteiger partial charge is 0.494 e. The van der Waals surface area contributed by atoms with Crippen molar-refractivity contribution in [3.8, 4) is 5.75 Å². The highest BCUT2D eigenvalue weighted by Crippen LogP contribution is 2.23. The Bertz CT molecular complexity index is 1060. The Balaban J connectivity index is 2.37. The molecule has 1 atom stereocenters. The molecule has 1 unspecified atom stereocenters. The van der Waals surface area contributed by atoms with Gasteiger partial charge >= 0.3 is 0 Å². The van der Waals surface area contributed by atoms with E-state index < -0.39 is 28.5 Å². The molecule has 0 spiro atoms. The molecular weight excluding hydrogens is 466 g/mol. The first-order valence-corrected chi connectivity index (χ1v) is 12.8. The van der Waals surface area contributed by atoms with Crippen molar-refractivity contribution in [3.63, 3.8) is 0 Å². The van der Waals surface area contributed by atoms with Crippen molar-refractivity contribution in [3.05, 3.63) is 59.1 Å². The second kappa shape index (κ2) is 11.9. The third-order valence-corrected chi connectivity index (χ3v) is 6.44. The molecule has 0 heterocycles. The van der Waals surface area contributed by atoms with Gasteiger partial charge in [0.1, 0.15) is 18.3 Å². The van der Waals surface area contributed by atoms with Crippen LogP contribution in [-0.4, -0.2) is 57.1 Å². The van der Waals surface area contributed by atoms with Crippen molar-refractivity contribution in [2.45, 2.75) is 33.4 Å². The van der Waals surface area contributed by atoms with Gasteiger partial charge in [0.25, 0.3) is 0 Å². The maximum Gasteiger partial charge on any atom is 0.244 e. The second-order valence-electron chi connectivity index (χ2n) is 7.38. The molecule has 0 aliphatic heterocycles. The maximum atomic E-state index is 13.4. The van der Waals surface area contributed by atoms with Gasteiger partial charge in [-0.25, -0.2) is 8.42 Å². The van der Waals surface area contributed by atoms with Crippen molar-refractivity contribution in [2.75, 3.05) is 30.3 Å².